The predicted molar refractivity (Wildman–Crippen MR) is 68.2 cm³/mol. The van der Waals surface area contributed by atoms with Crippen LogP contribution in [0.4, 0.5) is 11.4 Å². The van der Waals surface area contributed by atoms with Crippen molar-refractivity contribution in [1.29, 1.82) is 0 Å². The number of esters is 2. The van der Waals surface area contributed by atoms with Crippen molar-refractivity contribution < 1.29 is 24.0 Å². The third-order valence-corrected chi connectivity index (χ3v) is 2.13. The quantitative estimate of drug-likeness (QED) is 0.277. The highest BCUT2D eigenvalue weighted by molar-refractivity contribution is 6.62. The van der Waals surface area contributed by atoms with Crippen molar-refractivity contribution in [3.8, 4) is 0 Å². The van der Waals surface area contributed by atoms with E-state index in [0.717, 1.165) is 14.2 Å². The molecule has 0 fully saturated rings. The molecular formula is C11H11N3O6. The van der Waals surface area contributed by atoms with E-state index in [4.69, 9.17) is 0 Å². The first-order valence-corrected chi connectivity index (χ1v) is 5.24. The van der Waals surface area contributed by atoms with E-state index < -0.39 is 22.6 Å². The number of non-ortho nitro benzene ring substituents is 1. The maximum absolute atomic E-state index is 11.3. The molecule has 9 nitrogen and oxygen atoms in total. The molecule has 0 bridgehead atoms. The molecule has 0 amide bonds. The normalized spacial score (nSPS) is 9.30. The minimum Gasteiger partial charge on any atom is -0.464 e. The summed E-state index contributed by atoms with van der Waals surface area (Å²) in [5, 5.41) is 14.0. The molecule has 0 spiro atoms. The SMILES string of the molecule is COC(=O)C(=NNc1ccc([N+](=O)[O-])cc1)C(=O)OC. The summed E-state index contributed by atoms with van der Waals surface area (Å²) in [4.78, 5) is 32.5. The zero-order chi connectivity index (χ0) is 15.1. The van der Waals surface area contributed by atoms with Crippen LogP contribution in [0.25, 0.3) is 0 Å². The second-order valence-corrected chi connectivity index (χ2v) is 3.36. The van der Waals surface area contributed by atoms with Crippen LogP contribution in [-0.2, 0) is 19.1 Å². The van der Waals surface area contributed by atoms with Gasteiger partial charge in [-0.1, -0.05) is 0 Å². The van der Waals surface area contributed by atoms with Crippen LogP contribution >= 0.6 is 0 Å². The maximum Gasteiger partial charge on any atom is 0.366 e. The minimum absolute atomic E-state index is 0.0966. The van der Waals surface area contributed by atoms with Crippen LogP contribution < -0.4 is 5.43 Å². The fourth-order valence-corrected chi connectivity index (χ4v) is 1.15. The number of methoxy groups -OCH3 is 2. The second-order valence-electron chi connectivity index (χ2n) is 3.36. The number of ether oxygens (including phenoxy) is 2. The lowest BCUT2D eigenvalue weighted by atomic mass is 10.3. The van der Waals surface area contributed by atoms with E-state index >= 15 is 0 Å². The van der Waals surface area contributed by atoms with E-state index in [1.807, 2.05) is 0 Å². The Morgan fingerprint density at radius 3 is 2.05 bits per heavy atom. The highest BCUT2D eigenvalue weighted by atomic mass is 16.6. The van der Waals surface area contributed by atoms with Gasteiger partial charge in [0.25, 0.3) is 11.4 Å². The van der Waals surface area contributed by atoms with Crippen LogP contribution in [0.3, 0.4) is 0 Å². The summed E-state index contributed by atoms with van der Waals surface area (Å²) in [5.41, 5.74) is 2.08. The second kappa shape index (κ2) is 6.83. The Bertz CT molecular complexity index is 534. The predicted octanol–water partition coefficient (Wildman–Crippen LogP) is 0.709. The highest BCUT2D eigenvalue weighted by Crippen LogP contribution is 2.15. The van der Waals surface area contributed by atoms with Gasteiger partial charge in [0, 0.05) is 12.1 Å². The van der Waals surface area contributed by atoms with Gasteiger partial charge < -0.3 is 9.47 Å². The number of nitro groups is 1. The first kappa shape index (κ1) is 15.1. The molecule has 0 saturated carbocycles. The van der Waals surface area contributed by atoms with Gasteiger partial charge >= 0.3 is 11.9 Å². The van der Waals surface area contributed by atoms with Crippen molar-refractivity contribution in [1.82, 2.24) is 0 Å². The summed E-state index contributed by atoms with van der Waals surface area (Å²) in [7, 11) is 2.18. The lowest BCUT2D eigenvalue weighted by Gasteiger charge is -2.04. The number of benzene rings is 1. The first-order chi connectivity index (χ1) is 9.49. The van der Waals surface area contributed by atoms with Gasteiger partial charge in [0.05, 0.1) is 24.8 Å². The molecule has 20 heavy (non-hydrogen) atoms. The lowest BCUT2D eigenvalue weighted by molar-refractivity contribution is -0.384. The molecule has 1 aromatic carbocycles. The van der Waals surface area contributed by atoms with E-state index in [-0.39, 0.29) is 5.69 Å². The number of anilines is 1. The van der Waals surface area contributed by atoms with Gasteiger partial charge in [0.15, 0.2) is 0 Å². The van der Waals surface area contributed by atoms with Crippen molar-refractivity contribution >= 4 is 29.0 Å². The molecule has 0 radical (unpaired) electrons. The Labute approximate surface area is 113 Å². The zero-order valence-electron chi connectivity index (χ0n) is 10.7. The van der Waals surface area contributed by atoms with Crippen molar-refractivity contribution in [2.24, 2.45) is 5.10 Å². The van der Waals surface area contributed by atoms with Gasteiger partial charge in [0.2, 0.25) is 0 Å². The first-order valence-electron chi connectivity index (χ1n) is 5.24. The van der Waals surface area contributed by atoms with Crippen molar-refractivity contribution in [2.75, 3.05) is 19.6 Å². The molecule has 106 valence electrons. The van der Waals surface area contributed by atoms with Crippen LogP contribution in [-0.4, -0.2) is 36.8 Å². The maximum atomic E-state index is 11.3. The molecular weight excluding hydrogens is 270 g/mol. The molecule has 0 saturated heterocycles. The Morgan fingerprint density at radius 2 is 1.65 bits per heavy atom. The third-order valence-electron chi connectivity index (χ3n) is 2.13. The molecule has 0 heterocycles. The Morgan fingerprint density at radius 1 is 1.15 bits per heavy atom. The van der Waals surface area contributed by atoms with Crippen LogP contribution in [0.1, 0.15) is 0 Å². The van der Waals surface area contributed by atoms with Crippen LogP contribution in [0, 0.1) is 10.1 Å². The van der Waals surface area contributed by atoms with E-state index in [2.05, 4.69) is 20.0 Å². The fourth-order valence-electron chi connectivity index (χ4n) is 1.15. The lowest BCUT2D eigenvalue weighted by Crippen LogP contribution is -2.27. The summed E-state index contributed by atoms with van der Waals surface area (Å²) < 4.78 is 8.75. The Balaban J connectivity index is 2.89. The number of carbonyl (C=O) groups is 2. The third kappa shape index (κ3) is 3.77. The standard InChI is InChI=1S/C11H11N3O6/c1-19-10(15)9(11(16)20-2)13-12-7-3-5-8(6-4-7)14(17)18/h3-6,12H,1-2H3. The summed E-state index contributed by atoms with van der Waals surface area (Å²) in [6.07, 6.45) is 0. The number of nitrogens with zero attached hydrogens (tertiary/aromatic N) is 2. The van der Waals surface area contributed by atoms with Crippen molar-refractivity contribution in [3.63, 3.8) is 0 Å². The van der Waals surface area contributed by atoms with Gasteiger partial charge in [-0.15, -0.1) is 0 Å². The molecule has 0 aromatic heterocycles. The number of carbonyl (C=O) groups excluding carboxylic acids is 2. The average molecular weight is 281 g/mol. The molecule has 1 N–H and O–H groups in total. The molecule has 9 heteroatoms. The number of nitrogens with one attached hydrogen (secondary N) is 1. The van der Waals surface area contributed by atoms with Gasteiger partial charge in [-0.2, -0.15) is 5.10 Å². The summed E-state index contributed by atoms with van der Waals surface area (Å²) >= 11 is 0. The molecule has 1 rings (SSSR count). The summed E-state index contributed by atoms with van der Waals surface area (Å²) in [6, 6.07) is 5.23. The molecule has 0 aliphatic heterocycles. The minimum atomic E-state index is -0.966. The number of rotatable bonds is 5. The van der Waals surface area contributed by atoms with Crippen LogP contribution in [0.5, 0.6) is 0 Å². The fraction of sp³-hybridized carbons (Fsp3) is 0.182. The van der Waals surface area contributed by atoms with E-state index in [1.165, 1.54) is 24.3 Å². The zero-order valence-corrected chi connectivity index (χ0v) is 10.7. The largest absolute Gasteiger partial charge is 0.464 e. The number of nitro benzene ring substituents is 1. The highest BCUT2D eigenvalue weighted by Gasteiger charge is 2.22. The van der Waals surface area contributed by atoms with Crippen molar-refractivity contribution in [3.05, 3.63) is 34.4 Å². The van der Waals surface area contributed by atoms with Crippen LogP contribution in [0.15, 0.2) is 29.4 Å². The Kier molecular flexibility index (Phi) is 5.15. The van der Waals surface area contributed by atoms with Crippen LogP contribution in [0.2, 0.25) is 0 Å². The van der Waals surface area contributed by atoms with Gasteiger partial charge in [-0.05, 0) is 12.1 Å². The van der Waals surface area contributed by atoms with E-state index in [0.29, 0.717) is 5.69 Å². The van der Waals surface area contributed by atoms with E-state index in [1.54, 1.807) is 0 Å². The van der Waals surface area contributed by atoms with E-state index in [9.17, 15) is 19.7 Å². The molecule has 1 aromatic rings. The molecule has 0 aliphatic carbocycles. The topological polar surface area (TPSA) is 120 Å². The molecule has 0 atom stereocenters. The smallest absolute Gasteiger partial charge is 0.366 e. The molecule has 0 unspecified atom stereocenters. The number of hydrogen-bond donors (Lipinski definition) is 1. The summed E-state index contributed by atoms with van der Waals surface area (Å²) in [5.74, 6) is -1.93. The van der Waals surface area contributed by atoms with Gasteiger partial charge in [0.1, 0.15) is 0 Å². The Hall–Kier alpha value is -2.97. The van der Waals surface area contributed by atoms with Crippen molar-refractivity contribution in [2.45, 2.75) is 0 Å². The average Bonchev–Trinajstić information content (AvgIpc) is 2.47. The monoisotopic (exact) mass is 281 g/mol. The summed E-state index contributed by atoms with van der Waals surface area (Å²) in [6.45, 7) is 0. The van der Waals surface area contributed by atoms with Gasteiger partial charge in [-0.25, -0.2) is 9.59 Å². The molecule has 0 aliphatic rings. The number of hydrazone groups is 1. The van der Waals surface area contributed by atoms with Gasteiger partial charge in [-0.3, -0.25) is 15.5 Å². The number of hydrogen-bond acceptors (Lipinski definition) is 8.